The van der Waals surface area contributed by atoms with Gasteiger partial charge in [-0.25, -0.2) is 0 Å². The lowest BCUT2D eigenvalue weighted by atomic mass is 10.1. The second kappa shape index (κ2) is 6.37. The predicted molar refractivity (Wildman–Crippen MR) is 92.3 cm³/mol. The Balaban J connectivity index is 2.25. The minimum absolute atomic E-state index is 0.241. The Bertz CT molecular complexity index is 689. The summed E-state index contributed by atoms with van der Waals surface area (Å²) < 4.78 is 0.651. The van der Waals surface area contributed by atoms with Gasteiger partial charge in [0.05, 0.1) is 26.6 Å². The van der Waals surface area contributed by atoms with E-state index in [-0.39, 0.29) is 5.91 Å². The molecule has 0 aliphatic heterocycles. The fourth-order valence-corrected chi connectivity index (χ4v) is 2.44. The number of nitrogens with one attached hydrogen (secondary N) is 1. The van der Waals surface area contributed by atoms with Gasteiger partial charge in [0.15, 0.2) is 0 Å². The summed E-state index contributed by atoms with van der Waals surface area (Å²) in [6, 6.07) is 10.5. The first-order valence-corrected chi connectivity index (χ1v) is 7.39. The fourth-order valence-electron chi connectivity index (χ4n) is 1.90. The molecule has 0 aromatic heterocycles. The summed E-state index contributed by atoms with van der Waals surface area (Å²) in [6.07, 6.45) is 0. The van der Waals surface area contributed by atoms with Crippen LogP contribution in [0.15, 0.2) is 40.9 Å². The zero-order valence-corrected chi connectivity index (χ0v) is 14.0. The van der Waals surface area contributed by atoms with Crippen molar-refractivity contribution in [3.05, 3.63) is 51.5 Å². The molecule has 0 heterocycles. The topological polar surface area (TPSA) is 58.4 Å². The molecule has 2 rings (SSSR count). The smallest absolute Gasteiger partial charge is 0.255 e. The number of anilines is 3. The highest BCUT2D eigenvalue weighted by atomic mass is 79.9. The quantitative estimate of drug-likeness (QED) is 0.805. The second-order valence-corrected chi connectivity index (χ2v) is 5.92. The highest BCUT2D eigenvalue weighted by Crippen LogP contribution is 2.30. The first-order valence-electron chi connectivity index (χ1n) is 6.22. The molecule has 0 saturated carbocycles. The summed E-state index contributed by atoms with van der Waals surface area (Å²) in [5.74, 6) is -0.241. The third-order valence-electron chi connectivity index (χ3n) is 2.97. The molecule has 0 unspecified atom stereocenters. The number of carbonyl (C=O) groups excluding carboxylic acids is 1. The molecule has 0 atom stereocenters. The summed E-state index contributed by atoms with van der Waals surface area (Å²) in [5.41, 5.74) is 8.48. The van der Waals surface area contributed by atoms with Gasteiger partial charge in [0.2, 0.25) is 0 Å². The molecule has 0 spiro atoms. The number of nitrogens with two attached hydrogens (primary N) is 1. The largest absolute Gasteiger partial charge is 0.397 e. The standard InChI is InChI=1S/C15H15BrClN3O/c1-20(2)13-7-6-9(8-11(13)18)15(21)19-12-5-3-4-10(17)14(12)16/h3-8H,18H2,1-2H3,(H,19,21). The van der Waals surface area contributed by atoms with Gasteiger partial charge in [-0.2, -0.15) is 0 Å². The van der Waals surface area contributed by atoms with Crippen LogP contribution in [0.2, 0.25) is 5.02 Å². The molecule has 0 aliphatic carbocycles. The molecule has 0 saturated heterocycles. The maximum atomic E-state index is 12.3. The molecular weight excluding hydrogens is 354 g/mol. The van der Waals surface area contributed by atoms with Gasteiger partial charge in [-0.15, -0.1) is 0 Å². The lowest BCUT2D eigenvalue weighted by Crippen LogP contribution is -2.15. The van der Waals surface area contributed by atoms with E-state index in [0.717, 1.165) is 5.69 Å². The van der Waals surface area contributed by atoms with Gasteiger partial charge in [0.25, 0.3) is 5.91 Å². The molecular formula is C15H15BrClN3O. The van der Waals surface area contributed by atoms with Crippen LogP contribution in [-0.4, -0.2) is 20.0 Å². The van der Waals surface area contributed by atoms with E-state index in [9.17, 15) is 4.79 Å². The van der Waals surface area contributed by atoms with Gasteiger partial charge in [-0.3, -0.25) is 4.79 Å². The third-order valence-corrected chi connectivity index (χ3v) is 4.37. The molecule has 0 radical (unpaired) electrons. The Morgan fingerprint density at radius 3 is 2.62 bits per heavy atom. The molecule has 6 heteroatoms. The lowest BCUT2D eigenvalue weighted by Gasteiger charge is -2.16. The highest BCUT2D eigenvalue weighted by Gasteiger charge is 2.12. The number of rotatable bonds is 3. The molecule has 0 bridgehead atoms. The van der Waals surface area contributed by atoms with Crippen LogP contribution in [0.1, 0.15) is 10.4 Å². The minimum Gasteiger partial charge on any atom is -0.397 e. The van der Waals surface area contributed by atoms with Crippen LogP contribution in [0, 0.1) is 0 Å². The molecule has 2 aromatic rings. The molecule has 21 heavy (non-hydrogen) atoms. The monoisotopic (exact) mass is 367 g/mol. The molecule has 4 nitrogen and oxygen atoms in total. The van der Waals surface area contributed by atoms with Crippen LogP contribution in [0.5, 0.6) is 0 Å². The van der Waals surface area contributed by atoms with E-state index in [4.69, 9.17) is 17.3 Å². The molecule has 0 fully saturated rings. The Morgan fingerprint density at radius 1 is 1.29 bits per heavy atom. The van der Waals surface area contributed by atoms with E-state index in [1.54, 1.807) is 30.3 Å². The number of benzene rings is 2. The number of carbonyl (C=O) groups is 1. The van der Waals surface area contributed by atoms with Crippen LogP contribution in [-0.2, 0) is 0 Å². The van der Waals surface area contributed by atoms with E-state index >= 15 is 0 Å². The zero-order chi connectivity index (χ0) is 15.6. The first kappa shape index (κ1) is 15.7. The van der Waals surface area contributed by atoms with E-state index in [2.05, 4.69) is 21.2 Å². The number of nitrogen functional groups attached to an aromatic ring is 1. The van der Waals surface area contributed by atoms with Crippen molar-refractivity contribution in [1.82, 2.24) is 0 Å². The summed E-state index contributed by atoms with van der Waals surface area (Å²) in [7, 11) is 3.79. The second-order valence-electron chi connectivity index (χ2n) is 4.72. The molecule has 1 amide bonds. The predicted octanol–water partition coefficient (Wildman–Crippen LogP) is 4.00. The molecule has 2 aromatic carbocycles. The Morgan fingerprint density at radius 2 is 2.00 bits per heavy atom. The first-order chi connectivity index (χ1) is 9.90. The third kappa shape index (κ3) is 3.49. The zero-order valence-electron chi connectivity index (χ0n) is 11.7. The normalized spacial score (nSPS) is 10.3. The van der Waals surface area contributed by atoms with Crippen molar-refractivity contribution in [1.29, 1.82) is 0 Å². The van der Waals surface area contributed by atoms with Crippen molar-refractivity contribution in [3.8, 4) is 0 Å². The van der Waals surface area contributed by atoms with Crippen LogP contribution in [0.3, 0.4) is 0 Å². The van der Waals surface area contributed by atoms with Crippen molar-refractivity contribution in [2.45, 2.75) is 0 Å². The summed E-state index contributed by atoms with van der Waals surface area (Å²) in [4.78, 5) is 14.2. The van der Waals surface area contributed by atoms with Gasteiger partial charge in [-0.05, 0) is 46.3 Å². The van der Waals surface area contributed by atoms with Crippen molar-refractivity contribution in [2.24, 2.45) is 0 Å². The Hall–Kier alpha value is -1.72. The molecule has 3 N–H and O–H groups in total. The van der Waals surface area contributed by atoms with Crippen LogP contribution >= 0.6 is 27.5 Å². The summed E-state index contributed by atoms with van der Waals surface area (Å²) in [6.45, 7) is 0. The van der Waals surface area contributed by atoms with Crippen LogP contribution in [0.25, 0.3) is 0 Å². The van der Waals surface area contributed by atoms with Crippen molar-refractivity contribution in [2.75, 3.05) is 30.0 Å². The lowest BCUT2D eigenvalue weighted by molar-refractivity contribution is 0.102. The average molecular weight is 369 g/mol. The maximum Gasteiger partial charge on any atom is 0.255 e. The number of halogens is 2. The van der Waals surface area contributed by atoms with Crippen molar-refractivity contribution in [3.63, 3.8) is 0 Å². The SMILES string of the molecule is CN(C)c1ccc(C(=O)Nc2cccc(Cl)c2Br)cc1N. The Labute approximate surface area is 137 Å². The number of nitrogens with zero attached hydrogens (tertiary/aromatic N) is 1. The van der Waals surface area contributed by atoms with Gasteiger partial charge < -0.3 is 16.0 Å². The van der Waals surface area contributed by atoms with Crippen molar-refractivity contribution < 1.29 is 4.79 Å². The minimum atomic E-state index is -0.241. The maximum absolute atomic E-state index is 12.3. The number of amides is 1. The van der Waals surface area contributed by atoms with Crippen LogP contribution < -0.4 is 16.0 Å². The van der Waals surface area contributed by atoms with Gasteiger partial charge in [0.1, 0.15) is 0 Å². The van der Waals surface area contributed by atoms with E-state index in [1.807, 2.05) is 25.1 Å². The average Bonchev–Trinajstić information content (AvgIpc) is 2.43. The van der Waals surface area contributed by atoms with Crippen LogP contribution in [0.4, 0.5) is 17.1 Å². The number of hydrogen-bond donors (Lipinski definition) is 2. The van der Waals surface area contributed by atoms with E-state index in [0.29, 0.717) is 26.4 Å². The number of hydrogen-bond acceptors (Lipinski definition) is 3. The molecule has 0 aliphatic rings. The van der Waals surface area contributed by atoms with Gasteiger partial charge in [-0.1, -0.05) is 17.7 Å². The summed E-state index contributed by atoms with van der Waals surface area (Å²) >= 11 is 9.35. The highest BCUT2D eigenvalue weighted by molar-refractivity contribution is 9.10. The fraction of sp³-hybridized carbons (Fsp3) is 0.133. The van der Waals surface area contributed by atoms with E-state index < -0.39 is 0 Å². The van der Waals surface area contributed by atoms with E-state index in [1.165, 1.54) is 0 Å². The van der Waals surface area contributed by atoms with Crippen molar-refractivity contribution >= 4 is 50.5 Å². The Kier molecular flexibility index (Phi) is 4.75. The molecule has 110 valence electrons. The summed E-state index contributed by atoms with van der Waals surface area (Å²) in [5, 5.41) is 3.34. The van der Waals surface area contributed by atoms with Gasteiger partial charge in [0, 0.05) is 19.7 Å². The van der Waals surface area contributed by atoms with Gasteiger partial charge >= 0.3 is 0 Å².